The molecule has 6 N–H and O–H groups in total. The van der Waals surface area contributed by atoms with Crippen molar-refractivity contribution in [1.82, 2.24) is 10.6 Å². The van der Waals surface area contributed by atoms with E-state index in [0.29, 0.717) is 91.9 Å². The lowest BCUT2D eigenvalue weighted by Crippen LogP contribution is -2.37. The molecule has 0 atom stereocenters. The van der Waals surface area contributed by atoms with Crippen LogP contribution in [0.5, 0.6) is 0 Å². The zero-order chi connectivity index (χ0) is 22.1. The number of ether oxygens (including phenoxy) is 4. The van der Waals surface area contributed by atoms with Crippen LogP contribution in [0.2, 0.25) is 0 Å². The standard InChI is InChI=1S/C20H42N4O6/c21-7-12-28-16-15-27-11-4-6-19(25)5-2-1-3-9-23-20(26)24-10-14-30-18-17-29-13-8-22/h1-18,21-22H2,(H2,23,24,26). The molecular weight excluding hydrogens is 392 g/mol. The number of nitrogens with one attached hydrogen (secondary N) is 2. The number of unbranched alkanes of at least 4 members (excludes halogenated alkanes) is 2. The predicted octanol–water partition coefficient (Wildman–Crippen LogP) is 0.179. The van der Waals surface area contributed by atoms with Crippen LogP contribution in [0, 0.1) is 0 Å². The van der Waals surface area contributed by atoms with Gasteiger partial charge in [-0.15, -0.1) is 0 Å². The third-order valence-corrected chi connectivity index (χ3v) is 3.96. The topological polar surface area (TPSA) is 147 Å². The van der Waals surface area contributed by atoms with Gasteiger partial charge in [-0.05, 0) is 19.3 Å². The molecule has 0 radical (unpaired) electrons. The van der Waals surface area contributed by atoms with E-state index in [0.717, 1.165) is 25.7 Å². The highest BCUT2D eigenvalue weighted by atomic mass is 16.5. The van der Waals surface area contributed by atoms with Gasteiger partial charge in [0.2, 0.25) is 0 Å². The summed E-state index contributed by atoms with van der Waals surface area (Å²) in [5.41, 5.74) is 10.6. The number of hydrogen-bond donors (Lipinski definition) is 4. The first-order valence-electron chi connectivity index (χ1n) is 10.9. The number of nitrogens with two attached hydrogens (primary N) is 2. The summed E-state index contributed by atoms with van der Waals surface area (Å²) in [6.07, 6.45) is 4.47. The smallest absolute Gasteiger partial charge is 0.314 e. The average Bonchev–Trinajstić information content (AvgIpc) is 2.74. The minimum atomic E-state index is -0.206. The van der Waals surface area contributed by atoms with Crippen LogP contribution in [-0.2, 0) is 23.7 Å². The zero-order valence-corrected chi connectivity index (χ0v) is 18.3. The Morgan fingerprint density at radius 3 is 1.73 bits per heavy atom. The number of hydrogen-bond acceptors (Lipinski definition) is 8. The van der Waals surface area contributed by atoms with Crippen molar-refractivity contribution in [2.45, 2.75) is 38.5 Å². The molecule has 30 heavy (non-hydrogen) atoms. The number of ketones is 1. The van der Waals surface area contributed by atoms with Crippen LogP contribution in [0.25, 0.3) is 0 Å². The Hall–Kier alpha value is -1.30. The van der Waals surface area contributed by atoms with Crippen LogP contribution in [0.15, 0.2) is 0 Å². The average molecular weight is 435 g/mol. The molecule has 0 aromatic carbocycles. The zero-order valence-electron chi connectivity index (χ0n) is 18.3. The van der Waals surface area contributed by atoms with Crippen molar-refractivity contribution in [3.05, 3.63) is 0 Å². The molecule has 0 saturated carbocycles. The summed E-state index contributed by atoms with van der Waals surface area (Å²) < 4.78 is 21.1. The van der Waals surface area contributed by atoms with Crippen LogP contribution in [0.4, 0.5) is 4.79 Å². The van der Waals surface area contributed by atoms with E-state index >= 15 is 0 Å². The fourth-order valence-corrected chi connectivity index (χ4v) is 2.43. The molecule has 0 unspecified atom stereocenters. The van der Waals surface area contributed by atoms with E-state index in [1.54, 1.807) is 0 Å². The molecule has 0 aromatic rings. The van der Waals surface area contributed by atoms with Gasteiger partial charge < -0.3 is 41.0 Å². The quantitative estimate of drug-likeness (QED) is 0.167. The summed E-state index contributed by atoms with van der Waals surface area (Å²) in [6.45, 7) is 6.20. The molecule has 10 heteroatoms. The van der Waals surface area contributed by atoms with Crippen LogP contribution in [-0.4, -0.2) is 90.8 Å². The Balaban J connectivity index is 3.28. The number of Topliss-reactive ketones (excluding diaryl/α,β-unsaturated/α-hetero) is 1. The first-order valence-corrected chi connectivity index (χ1v) is 10.9. The number of amides is 2. The number of urea groups is 1. The van der Waals surface area contributed by atoms with E-state index in [9.17, 15) is 9.59 Å². The molecule has 178 valence electrons. The summed E-state index contributed by atoms with van der Waals surface area (Å²) in [4.78, 5) is 23.4. The minimum Gasteiger partial charge on any atom is -0.379 e. The SMILES string of the molecule is NCCOCCOCCCC(=O)CCCCCNC(=O)NCCOCCOCCN. The van der Waals surface area contributed by atoms with E-state index < -0.39 is 0 Å². The van der Waals surface area contributed by atoms with Gasteiger partial charge in [0.25, 0.3) is 0 Å². The Kier molecular flexibility index (Phi) is 22.9. The lowest BCUT2D eigenvalue weighted by Gasteiger charge is -2.08. The Labute approximate surface area is 180 Å². The number of rotatable bonds is 23. The lowest BCUT2D eigenvalue weighted by molar-refractivity contribution is -0.119. The van der Waals surface area contributed by atoms with Gasteiger partial charge in [0.1, 0.15) is 5.78 Å². The highest BCUT2D eigenvalue weighted by Crippen LogP contribution is 2.04. The maximum Gasteiger partial charge on any atom is 0.314 e. The summed E-state index contributed by atoms with van der Waals surface area (Å²) in [5.74, 6) is 0.261. The summed E-state index contributed by atoms with van der Waals surface area (Å²) in [6, 6.07) is -0.206. The Morgan fingerprint density at radius 2 is 1.10 bits per heavy atom. The van der Waals surface area contributed by atoms with Crippen molar-refractivity contribution in [2.75, 3.05) is 79.0 Å². The monoisotopic (exact) mass is 434 g/mol. The molecule has 0 fully saturated rings. The van der Waals surface area contributed by atoms with Crippen LogP contribution >= 0.6 is 0 Å². The molecule has 0 saturated heterocycles. The van der Waals surface area contributed by atoms with Crippen molar-refractivity contribution in [3.63, 3.8) is 0 Å². The van der Waals surface area contributed by atoms with Gasteiger partial charge >= 0.3 is 6.03 Å². The molecule has 10 nitrogen and oxygen atoms in total. The van der Waals surface area contributed by atoms with E-state index in [-0.39, 0.29) is 11.8 Å². The van der Waals surface area contributed by atoms with Gasteiger partial charge in [-0.3, -0.25) is 4.79 Å². The van der Waals surface area contributed by atoms with Crippen molar-refractivity contribution in [2.24, 2.45) is 11.5 Å². The fourth-order valence-electron chi connectivity index (χ4n) is 2.43. The molecule has 0 aliphatic rings. The minimum absolute atomic E-state index is 0.206. The van der Waals surface area contributed by atoms with E-state index in [1.807, 2.05) is 0 Å². The maximum absolute atomic E-state index is 11.8. The van der Waals surface area contributed by atoms with Gasteiger partial charge in [0.05, 0.1) is 46.2 Å². The van der Waals surface area contributed by atoms with Gasteiger partial charge in [0.15, 0.2) is 0 Å². The van der Waals surface area contributed by atoms with E-state index in [2.05, 4.69) is 10.6 Å². The van der Waals surface area contributed by atoms with Crippen molar-refractivity contribution >= 4 is 11.8 Å². The third-order valence-electron chi connectivity index (χ3n) is 3.96. The van der Waals surface area contributed by atoms with Gasteiger partial charge in [0, 0.05) is 45.6 Å². The van der Waals surface area contributed by atoms with Gasteiger partial charge in [-0.25, -0.2) is 4.79 Å². The van der Waals surface area contributed by atoms with Gasteiger partial charge in [-0.2, -0.15) is 0 Å². The number of carbonyl (C=O) groups excluding carboxylic acids is 2. The van der Waals surface area contributed by atoms with Crippen LogP contribution in [0.1, 0.15) is 38.5 Å². The molecule has 0 rings (SSSR count). The summed E-state index contributed by atoms with van der Waals surface area (Å²) in [7, 11) is 0. The van der Waals surface area contributed by atoms with Crippen molar-refractivity contribution < 1.29 is 28.5 Å². The summed E-state index contributed by atoms with van der Waals surface area (Å²) in [5, 5.41) is 5.52. The van der Waals surface area contributed by atoms with Crippen molar-refractivity contribution in [1.29, 1.82) is 0 Å². The molecule has 0 aromatic heterocycles. The van der Waals surface area contributed by atoms with Crippen molar-refractivity contribution in [3.8, 4) is 0 Å². The maximum atomic E-state index is 11.8. The molecule has 0 bridgehead atoms. The molecule has 0 aliphatic carbocycles. The second-order valence-electron chi connectivity index (χ2n) is 6.66. The normalized spacial score (nSPS) is 10.9. The highest BCUT2D eigenvalue weighted by Gasteiger charge is 2.03. The van der Waals surface area contributed by atoms with E-state index in [1.165, 1.54) is 0 Å². The largest absolute Gasteiger partial charge is 0.379 e. The van der Waals surface area contributed by atoms with Gasteiger partial charge in [-0.1, -0.05) is 6.42 Å². The number of carbonyl (C=O) groups is 2. The Bertz CT molecular complexity index is 365. The van der Waals surface area contributed by atoms with Crippen LogP contribution < -0.4 is 22.1 Å². The molecule has 2 amide bonds. The fraction of sp³-hybridized carbons (Fsp3) is 0.900. The van der Waals surface area contributed by atoms with E-state index in [4.69, 9.17) is 30.4 Å². The highest BCUT2D eigenvalue weighted by molar-refractivity contribution is 5.78. The second kappa shape index (κ2) is 24.0. The first-order chi connectivity index (χ1) is 14.7. The predicted molar refractivity (Wildman–Crippen MR) is 115 cm³/mol. The van der Waals surface area contributed by atoms with Crippen LogP contribution in [0.3, 0.4) is 0 Å². The molecular formula is C20H42N4O6. The lowest BCUT2D eigenvalue weighted by atomic mass is 10.1. The molecule has 0 heterocycles. The Morgan fingerprint density at radius 1 is 0.567 bits per heavy atom. The third kappa shape index (κ3) is 23.0. The summed E-state index contributed by atoms with van der Waals surface area (Å²) >= 11 is 0. The second-order valence-corrected chi connectivity index (χ2v) is 6.66. The molecule has 0 spiro atoms. The first kappa shape index (κ1) is 28.7. The molecule has 0 aliphatic heterocycles.